The van der Waals surface area contributed by atoms with Crippen LogP contribution in [0.1, 0.15) is 27.9 Å². The second-order valence-corrected chi connectivity index (χ2v) is 6.15. The van der Waals surface area contributed by atoms with Gasteiger partial charge in [-0.15, -0.1) is 0 Å². The van der Waals surface area contributed by atoms with Crippen LogP contribution in [0.2, 0.25) is 0 Å². The van der Waals surface area contributed by atoms with E-state index in [1.165, 1.54) is 5.69 Å². The third kappa shape index (κ3) is 2.04. The molecule has 0 saturated carbocycles. The van der Waals surface area contributed by atoms with E-state index in [2.05, 4.69) is 34.5 Å². The van der Waals surface area contributed by atoms with Crippen molar-refractivity contribution in [2.24, 2.45) is 0 Å². The van der Waals surface area contributed by atoms with E-state index in [0.29, 0.717) is 0 Å². The Morgan fingerprint density at radius 1 is 1.00 bits per heavy atom. The molecule has 1 aliphatic carbocycles. The molecule has 22 heavy (non-hydrogen) atoms. The van der Waals surface area contributed by atoms with E-state index in [1.54, 1.807) is 0 Å². The molecular formula is C19H20N2O. The molecular weight excluding hydrogens is 272 g/mol. The first-order valence-electron chi connectivity index (χ1n) is 8.00. The van der Waals surface area contributed by atoms with Gasteiger partial charge in [0.1, 0.15) is 0 Å². The van der Waals surface area contributed by atoms with Crippen LogP contribution in [0.3, 0.4) is 0 Å². The van der Waals surface area contributed by atoms with Gasteiger partial charge in [0.2, 0.25) is 0 Å². The zero-order valence-corrected chi connectivity index (χ0v) is 12.9. The van der Waals surface area contributed by atoms with Gasteiger partial charge in [0.25, 0.3) is 0 Å². The van der Waals surface area contributed by atoms with E-state index < -0.39 is 0 Å². The number of rotatable bonds is 1. The number of carbonyl (C=O) groups is 1. The van der Waals surface area contributed by atoms with E-state index in [4.69, 9.17) is 0 Å². The number of aryl methyl sites for hydroxylation is 1. The van der Waals surface area contributed by atoms with Gasteiger partial charge in [-0.25, -0.2) is 0 Å². The Labute approximate surface area is 131 Å². The molecule has 1 heterocycles. The van der Waals surface area contributed by atoms with Gasteiger partial charge in [-0.05, 0) is 48.7 Å². The molecule has 1 fully saturated rings. The monoisotopic (exact) mass is 292 g/mol. The van der Waals surface area contributed by atoms with Crippen LogP contribution in [0.5, 0.6) is 0 Å². The summed E-state index contributed by atoms with van der Waals surface area (Å²) in [7, 11) is 0. The van der Waals surface area contributed by atoms with Crippen molar-refractivity contribution in [2.45, 2.75) is 13.3 Å². The van der Waals surface area contributed by atoms with Gasteiger partial charge in [-0.2, -0.15) is 0 Å². The Morgan fingerprint density at radius 2 is 1.91 bits per heavy atom. The zero-order valence-electron chi connectivity index (χ0n) is 12.9. The van der Waals surface area contributed by atoms with E-state index in [1.807, 2.05) is 19.1 Å². The van der Waals surface area contributed by atoms with Crippen LogP contribution in [-0.4, -0.2) is 32.0 Å². The Hall–Kier alpha value is -2.13. The maximum Gasteiger partial charge on any atom is 0.194 e. The summed E-state index contributed by atoms with van der Waals surface area (Å²) in [5.41, 5.74) is 6.15. The second kappa shape index (κ2) is 5.25. The van der Waals surface area contributed by atoms with Gasteiger partial charge < -0.3 is 10.2 Å². The normalized spacial score (nSPS) is 17.1. The topological polar surface area (TPSA) is 32.3 Å². The molecule has 3 nitrogen and oxygen atoms in total. The lowest BCUT2D eigenvalue weighted by molar-refractivity contribution is 0.104. The highest BCUT2D eigenvalue weighted by Gasteiger charge is 2.28. The molecule has 0 spiro atoms. The third-order valence-electron chi connectivity index (χ3n) is 4.74. The fourth-order valence-corrected chi connectivity index (χ4v) is 3.58. The molecule has 3 heteroatoms. The Kier molecular flexibility index (Phi) is 3.23. The van der Waals surface area contributed by atoms with Crippen LogP contribution < -0.4 is 10.2 Å². The highest BCUT2D eigenvalue weighted by atomic mass is 16.1. The number of anilines is 1. The van der Waals surface area contributed by atoms with Crippen molar-refractivity contribution < 1.29 is 4.79 Å². The summed E-state index contributed by atoms with van der Waals surface area (Å²) in [5, 5.41) is 3.42. The lowest BCUT2D eigenvalue weighted by Crippen LogP contribution is -2.27. The summed E-state index contributed by atoms with van der Waals surface area (Å²) in [6.07, 6.45) is 1.14. The van der Waals surface area contributed by atoms with Gasteiger partial charge in [-0.1, -0.05) is 24.3 Å². The lowest BCUT2D eigenvalue weighted by atomic mass is 10.0. The van der Waals surface area contributed by atoms with E-state index in [9.17, 15) is 4.79 Å². The molecule has 0 radical (unpaired) electrons. The van der Waals surface area contributed by atoms with Gasteiger partial charge in [0.05, 0.1) is 0 Å². The molecule has 4 rings (SSSR count). The average molecular weight is 292 g/mol. The predicted octanol–water partition coefficient (Wildman–Crippen LogP) is 3.01. The molecule has 2 aromatic rings. The first-order chi connectivity index (χ1) is 10.8. The number of nitrogens with zero attached hydrogens (tertiary/aromatic N) is 1. The summed E-state index contributed by atoms with van der Waals surface area (Å²) in [6, 6.07) is 12.5. The molecule has 0 amide bonds. The van der Waals surface area contributed by atoms with Crippen LogP contribution >= 0.6 is 0 Å². The predicted molar refractivity (Wildman–Crippen MR) is 89.7 cm³/mol. The number of hydrogen-bond acceptors (Lipinski definition) is 3. The fourth-order valence-electron chi connectivity index (χ4n) is 3.58. The summed E-state index contributed by atoms with van der Waals surface area (Å²) in [5.74, 6) is 0.179. The van der Waals surface area contributed by atoms with Crippen molar-refractivity contribution in [2.75, 3.05) is 31.1 Å². The van der Waals surface area contributed by atoms with E-state index in [0.717, 1.165) is 60.4 Å². The Morgan fingerprint density at radius 3 is 2.82 bits per heavy atom. The molecule has 1 saturated heterocycles. The molecule has 2 aromatic carbocycles. The smallest absolute Gasteiger partial charge is 0.194 e. The second-order valence-electron chi connectivity index (χ2n) is 6.15. The molecule has 0 atom stereocenters. The maximum atomic E-state index is 12.8. The SMILES string of the molecule is Cc1cccc2c1C(=O)c1cc(N3CCCNCC3)ccc1-2. The highest BCUT2D eigenvalue weighted by Crippen LogP contribution is 2.39. The maximum absolute atomic E-state index is 12.8. The number of hydrogen-bond donors (Lipinski definition) is 1. The summed E-state index contributed by atoms with van der Waals surface area (Å²) < 4.78 is 0. The van der Waals surface area contributed by atoms with Crippen molar-refractivity contribution in [1.82, 2.24) is 5.32 Å². The van der Waals surface area contributed by atoms with Crippen LogP contribution in [0.15, 0.2) is 36.4 Å². The van der Waals surface area contributed by atoms with E-state index >= 15 is 0 Å². The summed E-state index contributed by atoms with van der Waals surface area (Å²) in [4.78, 5) is 15.2. The first-order valence-corrected chi connectivity index (χ1v) is 8.00. The van der Waals surface area contributed by atoms with Crippen molar-refractivity contribution >= 4 is 11.5 Å². The summed E-state index contributed by atoms with van der Waals surface area (Å²) >= 11 is 0. The van der Waals surface area contributed by atoms with Crippen molar-refractivity contribution in [3.63, 3.8) is 0 Å². The van der Waals surface area contributed by atoms with E-state index in [-0.39, 0.29) is 5.78 Å². The van der Waals surface area contributed by atoms with Gasteiger partial charge >= 0.3 is 0 Å². The van der Waals surface area contributed by atoms with Crippen molar-refractivity contribution in [1.29, 1.82) is 0 Å². The molecule has 1 aliphatic heterocycles. The van der Waals surface area contributed by atoms with Crippen LogP contribution in [0.4, 0.5) is 5.69 Å². The quantitative estimate of drug-likeness (QED) is 0.748. The Balaban J connectivity index is 1.76. The van der Waals surface area contributed by atoms with Crippen molar-refractivity contribution in [3.8, 4) is 11.1 Å². The number of benzene rings is 2. The minimum atomic E-state index is 0.179. The number of carbonyl (C=O) groups excluding carboxylic acids is 1. The number of ketones is 1. The molecule has 0 unspecified atom stereocenters. The largest absolute Gasteiger partial charge is 0.370 e. The van der Waals surface area contributed by atoms with Gasteiger partial charge in [0, 0.05) is 36.4 Å². The van der Waals surface area contributed by atoms with Crippen LogP contribution in [0.25, 0.3) is 11.1 Å². The van der Waals surface area contributed by atoms with Gasteiger partial charge in [0.15, 0.2) is 5.78 Å². The lowest BCUT2D eigenvalue weighted by Gasteiger charge is -2.22. The molecule has 0 aromatic heterocycles. The molecule has 2 aliphatic rings. The van der Waals surface area contributed by atoms with Crippen molar-refractivity contribution in [3.05, 3.63) is 53.1 Å². The van der Waals surface area contributed by atoms with Crippen LogP contribution in [-0.2, 0) is 0 Å². The highest BCUT2D eigenvalue weighted by molar-refractivity contribution is 6.22. The minimum absolute atomic E-state index is 0.179. The molecule has 112 valence electrons. The molecule has 0 bridgehead atoms. The number of nitrogens with one attached hydrogen (secondary N) is 1. The van der Waals surface area contributed by atoms with Gasteiger partial charge in [-0.3, -0.25) is 4.79 Å². The minimum Gasteiger partial charge on any atom is -0.370 e. The fraction of sp³-hybridized carbons (Fsp3) is 0.316. The first kappa shape index (κ1) is 13.5. The standard InChI is InChI=1S/C19H20N2O/c1-13-4-2-5-16-15-7-6-14(12-17(15)19(22)18(13)16)21-10-3-8-20-9-11-21/h2,4-7,12,20H,3,8-11H2,1H3. The molecule has 1 N–H and O–H groups in total. The van der Waals surface area contributed by atoms with Crippen LogP contribution in [0, 0.1) is 6.92 Å². The average Bonchev–Trinajstić information content (AvgIpc) is 2.72. The number of fused-ring (bicyclic) bond motifs is 3. The summed E-state index contributed by atoms with van der Waals surface area (Å²) in [6.45, 7) is 6.14. The zero-order chi connectivity index (χ0) is 15.1. The Bertz CT molecular complexity index is 743. The third-order valence-corrected chi connectivity index (χ3v) is 4.74.